The Morgan fingerprint density at radius 1 is 0.370 bits per heavy atom. The number of nitrogens with zero attached hydrogens (tertiary/aromatic N) is 1. The third-order valence-electron chi connectivity index (χ3n) is 6.15. The van der Waals surface area contributed by atoms with Crippen LogP contribution in [0.15, 0.2) is 0 Å². The monoisotopic (exact) mass is 379 g/mol. The van der Waals surface area contributed by atoms with Gasteiger partial charge in [0.15, 0.2) is 0 Å². The number of hydrogen-bond acceptors (Lipinski definition) is 0. The van der Waals surface area contributed by atoms with Crippen molar-refractivity contribution in [2.24, 2.45) is 0 Å². The second-order valence-electron chi connectivity index (χ2n) is 9.09. The van der Waals surface area contributed by atoms with E-state index in [0.29, 0.717) is 0 Å². The molecule has 0 aliphatic heterocycles. The summed E-state index contributed by atoms with van der Waals surface area (Å²) >= 11 is 0. The van der Waals surface area contributed by atoms with Crippen molar-refractivity contribution in [3.05, 3.63) is 0 Å². The molecule has 0 spiro atoms. The summed E-state index contributed by atoms with van der Waals surface area (Å²) in [5.41, 5.74) is 0. The van der Waals surface area contributed by atoms with Gasteiger partial charge in [-0.05, 0) is 38.5 Å². The van der Waals surface area contributed by atoms with E-state index in [9.17, 15) is 0 Å². The van der Waals surface area contributed by atoms with Crippen LogP contribution in [0.1, 0.15) is 136 Å². The lowest BCUT2D eigenvalue weighted by Gasteiger charge is -2.35. The quantitative estimate of drug-likeness (QED) is 0.107. The summed E-state index contributed by atoms with van der Waals surface area (Å²) in [4.78, 5) is 0. The van der Waals surface area contributed by atoms with Gasteiger partial charge in [-0.2, -0.15) is 0 Å². The van der Waals surface area contributed by atoms with E-state index >= 15 is 0 Å². The van der Waals surface area contributed by atoms with Crippen molar-refractivity contribution in [3.8, 4) is 0 Å². The van der Waals surface area contributed by atoms with E-state index < -0.39 is 0 Å². The predicted molar refractivity (Wildman–Crippen MR) is 127 cm³/mol. The molecule has 0 rings (SSSR count). The average molecular weight is 380 g/mol. The molecule has 0 aromatic heterocycles. The molecule has 0 atom stereocenters. The largest absolute Gasteiger partial charge is 0.326 e. The standard InChI is InChI=1S/C25H54N.B/c1-5-8-11-14-17-20-23-26(4,24-21-18-15-12-9-6-2)25-22-19-16-13-10-7-3;/h5-25H2,1-4H3;/q+1;. The third kappa shape index (κ3) is 20.6. The molecular formula is C25H54BN+. The molecule has 2 heteroatoms. The Bertz CT molecular complexity index is 226. The zero-order valence-corrected chi connectivity index (χ0v) is 19.9. The lowest BCUT2D eigenvalue weighted by Crippen LogP contribution is -2.46. The third-order valence-corrected chi connectivity index (χ3v) is 6.15. The molecule has 0 aliphatic carbocycles. The van der Waals surface area contributed by atoms with Crippen LogP contribution in [0.5, 0.6) is 0 Å². The lowest BCUT2D eigenvalue weighted by molar-refractivity contribution is -0.910. The first-order valence-electron chi connectivity index (χ1n) is 12.5. The first kappa shape index (κ1) is 29.2. The molecule has 0 unspecified atom stereocenters. The van der Waals surface area contributed by atoms with Crippen LogP contribution in [0.25, 0.3) is 0 Å². The van der Waals surface area contributed by atoms with Gasteiger partial charge in [-0.25, -0.2) is 0 Å². The number of quaternary nitrogens is 1. The Labute approximate surface area is 176 Å². The number of hydrogen-bond donors (Lipinski definition) is 0. The summed E-state index contributed by atoms with van der Waals surface area (Å²) in [5, 5.41) is 0. The molecule has 3 radical (unpaired) electrons. The molecule has 27 heavy (non-hydrogen) atoms. The molecule has 1 nitrogen and oxygen atoms in total. The van der Waals surface area contributed by atoms with Gasteiger partial charge in [0.2, 0.25) is 0 Å². The van der Waals surface area contributed by atoms with Crippen LogP contribution in [0.3, 0.4) is 0 Å². The van der Waals surface area contributed by atoms with Gasteiger partial charge in [0, 0.05) is 8.41 Å². The fraction of sp³-hybridized carbons (Fsp3) is 1.00. The first-order chi connectivity index (χ1) is 12.7. The SMILES string of the molecule is CCCCCCCC[N+](C)(CCCCCCCC)CCCCCCCC.[B]. The van der Waals surface area contributed by atoms with Crippen LogP contribution < -0.4 is 0 Å². The zero-order valence-electron chi connectivity index (χ0n) is 19.9. The molecule has 0 saturated carbocycles. The highest BCUT2D eigenvalue weighted by Gasteiger charge is 2.20. The summed E-state index contributed by atoms with van der Waals surface area (Å²) in [7, 11) is 2.56. The van der Waals surface area contributed by atoms with E-state index in [1.54, 1.807) is 0 Å². The summed E-state index contributed by atoms with van der Waals surface area (Å²) in [6.45, 7) is 11.2. The molecule has 0 aromatic rings. The van der Waals surface area contributed by atoms with Gasteiger partial charge in [0.1, 0.15) is 0 Å². The van der Waals surface area contributed by atoms with E-state index in [1.807, 2.05) is 0 Å². The minimum atomic E-state index is 0. The Morgan fingerprint density at radius 3 is 0.852 bits per heavy atom. The highest BCUT2D eigenvalue weighted by Crippen LogP contribution is 2.16. The smallest absolute Gasteiger partial charge is 0.0784 e. The maximum Gasteiger partial charge on any atom is 0.0784 e. The maximum atomic E-state index is 2.56. The normalized spacial score (nSPS) is 11.6. The van der Waals surface area contributed by atoms with Crippen LogP contribution in [-0.2, 0) is 0 Å². The van der Waals surface area contributed by atoms with Crippen LogP contribution in [0, 0.1) is 0 Å². The van der Waals surface area contributed by atoms with Crippen molar-refractivity contribution in [1.82, 2.24) is 0 Å². The van der Waals surface area contributed by atoms with Crippen LogP contribution in [0.2, 0.25) is 0 Å². The Hall–Kier alpha value is 0.0249. The molecule has 0 N–H and O–H groups in total. The van der Waals surface area contributed by atoms with E-state index in [4.69, 9.17) is 0 Å². The zero-order chi connectivity index (χ0) is 19.3. The maximum absolute atomic E-state index is 2.56. The Kier molecular flexibility index (Phi) is 24.2. The summed E-state index contributed by atoms with van der Waals surface area (Å²) < 4.78 is 1.36. The van der Waals surface area contributed by atoms with Crippen molar-refractivity contribution in [2.75, 3.05) is 26.7 Å². The number of rotatable bonds is 21. The van der Waals surface area contributed by atoms with Crippen molar-refractivity contribution in [2.45, 2.75) is 136 Å². The van der Waals surface area contributed by atoms with E-state index in [1.165, 1.54) is 140 Å². The van der Waals surface area contributed by atoms with Gasteiger partial charge in [-0.15, -0.1) is 0 Å². The fourth-order valence-corrected chi connectivity index (χ4v) is 4.16. The van der Waals surface area contributed by atoms with Crippen molar-refractivity contribution in [3.63, 3.8) is 0 Å². The lowest BCUT2D eigenvalue weighted by atomic mass is 10.1. The first-order valence-corrected chi connectivity index (χ1v) is 12.5. The summed E-state index contributed by atoms with van der Waals surface area (Å²) in [6.07, 6.45) is 25.9. The van der Waals surface area contributed by atoms with E-state index in [2.05, 4.69) is 27.8 Å². The van der Waals surface area contributed by atoms with Gasteiger partial charge < -0.3 is 4.48 Å². The van der Waals surface area contributed by atoms with Crippen LogP contribution in [0.4, 0.5) is 0 Å². The van der Waals surface area contributed by atoms with E-state index in [-0.39, 0.29) is 8.41 Å². The molecule has 161 valence electrons. The second-order valence-corrected chi connectivity index (χ2v) is 9.09. The Morgan fingerprint density at radius 2 is 0.593 bits per heavy atom. The Balaban J connectivity index is 0. The molecule has 0 bridgehead atoms. The fourth-order valence-electron chi connectivity index (χ4n) is 4.16. The summed E-state index contributed by atoms with van der Waals surface area (Å²) in [6, 6.07) is 0. The highest BCUT2D eigenvalue weighted by atomic mass is 15.3. The van der Waals surface area contributed by atoms with Crippen molar-refractivity contribution < 1.29 is 4.48 Å². The minimum Gasteiger partial charge on any atom is -0.326 e. The van der Waals surface area contributed by atoms with E-state index in [0.717, 1.165) is 0 Å². The second kappa shape index (κ2) is 22.3. The molecule has 0 heterocycles. The van der Waals surface area contributed by atoms with Gasteiger partial charge in [0.05, 0.1) is 26.7 Å². The predicted octanol–water partition coefficient (Wildman–Crippen LogP) is 8.13. The number of unbranched alkanes of at least 4 members (excludes halogenated alkanes) is 15. The van der Waals surface area contributed by atoms with Gasteiger partial charge in [-0.3, -0.25) is 0 Å². The van der Waals surface area contributed by atoms with Crippen molar-refractivity contribution >= 4 is 8.41 Å². The highest BCUT2D eigenvalue weighted by molar-refractivity contribution is 5.75. The van der Waals surface area contributed by atoms with Crippen LogP contribution >= 0.6 is 0 Å². The van der Waals surface area contributed by atoms with Crippen molar-refractivity contribution in [1.29, 1.82) is 0 Å². The van der Waals surface area contributed by atoms with Gasteiger partial charge in [0.25, 0.3) is 0 Å². The van der Waals surface area contributed by atoms with Gasteiger partial charge in [-0.1, -0.05) is 97.8 Å². The molecular weight excluding hydrogens is 325 g/mol. The molecule has 0 fully saturated rings. The molecule has 0 saturated heterocycles. The van der Waals surface area contributed by atoms with Crippen LogP contribution in [-0.4, -0.2) is 39.6 Å². The molecule has 0 aromatic carbocycles. The molecule has 0 amide bonds. The van der Waals surface area contributed by atoms with Gasteiger partial charge >= 0.3 is 0 Å². The topological polar surface area (TPSA) is 0 Å². The minimum absolute atomic E-state index is 0. The molecule has 0 aliphatic rings. The summed E-state index contributed by atoms with van der Waals surface area (Å²) in [5.74, 6) is 0. The average Bonchev–Trinajstić information content (AvgIpc) is 2.64.